The molecule has 21 heavy (non-hydrogen) atoms. The van der Waals surface area contributed by atoms with Crippen LogP contribution in [0.25, 0.3) is 0 Å². The summed E-state index contributed by atoms with van der Waals surface area (Å²) in [6, 6.07) is 6.96. The standard InChI is InChI=1S/C12H10Cl2N2O4S/c1-15-21(18,19)11-3-2-10(20-11)12(17)16-9-5-7(13)4-8(14)6-9/h2-6,15H,1H3,(H,16,17). The first-order valence-corrected chi connectivity index (χ1v) is 7.86. The maximum atomic E-state index is 12.0. The van der Waals surface area contributed by atoms with Crippen molar-refractivity contribution in [3.8, 4) is 0 Å². The first-order chi connectivity index (χ1) is 9.81. The van der Waals surface area contributed by atoms with Gasteiger partial charge in [0, 0.05) is 15.7 Å². The molecule has 0 radical (unpaired) electrons. The number of carbonyl (C=O) groups is 1. The number of amides is 1. The van der Waals surface area contributed by atoms with Crippen LogP contribution < -0.4 is 10.0 Å². The van der Waals surface area contributed by atoms with E-state index in [1.165, 1.54) is 37.4 Å². The van der Waals surface area contributed by atoms with Crippen molar-refractivity contribution in [2.75, 3.05) is 12.4 Å². The molecule has 0 spiro atoms. The van der Waals surface area contributed by atoms with Crippen molar-refractivity contribution in [3.63, 3.8) is 0 Å². The van der Waals surface area contributed by atoms with Crippen LogP contribution in [0, 0.1) is 0 Å². The van der Waals surface area contributed by atoms with E-state index in [0.717, 1.165) is 0 Å². The molecule has 6 nitrogen and oxygen atoms in total. The van der Waals surface area contributed by atoms with Gasteiger partial charge in [0.25, 0.3) is 15.9 Å². The summed E-state index contributed by atoms with van der Waals surface area (Å²) in [7, 11) is -2.49. The lowest BCUT2D eigenvalue weighted by Gasteiger charge is -2.04. The van der Waals surface area contributed by atoms with Gasteiger partial charge in [-0.3, -0.25) is 4.79 Å². The van der Waals surface area contributed by atoms with E-state index in [-0.39, 0.29) is 10.9 Å². The average molecular weight is 349 g/mol. The third kappa shape index (κ3) is 3.76. The highest BCUT2D eigenvalue weighted by Crippen LogP contribution is 2.23. The van der Waals surface area contributed by atoms with Crippen molar-refractivity contribution in [1.82, 2.24) is 4.72 Å². The summed E-state index contributed by atoms with van der Waals surface area (Å²) in [5.41, 5.74) is 0.368. The number of furan rings is 1. The molecule has 0 saturated heterocycles. The largest absolute Gasteiger partial charge is 0.438 e. The normalized spacial score (nSPS) is 11.4. The Morgan fingerprint density at radius 1 is 1.14 bits per heavy atom. The number of halogens is 2. The van der Waals surface area contributed by atoms with E-state index in [1.807, 2.05) is 0 Å². The Labute approximate surface area is 131 Å². The molecular formula is C12H10Cl2N2O4S. The quantitative estimate of drug-likeness (QED) is 0.888. The number of carbonyl (C=O) groups excluding carboxylic acids is 1. The minimum Gasteiger partial charge on any atom is -0.438 e. The van der Waals surface area contributed by atoms with Gasteiger partial charge in [0.2, 0.25) is 5.09 Å². The lowest BCUT2D eigenvalue weighted by atomic mass is 10.3. The Balaban J connectivity index is 2.21. The maximum absolute atomic E-state index is 12.0. The minimum absolute atomic E-state index is 0.153. The number of anilines is 1. The van der Waals surface area contributed by atoms with Gasteiger partial charge in [-0.2, -0.15) is 0 Å². The Bertz CT molecular complexity index is 766. The van der Waals surface area contributed by atoms with E-state index in [2.05, 4.69) is 10.0 Å². The van der Waals surface area contributed by atoms with Crippen LogP contribution in [0.5, 0.6) is 0 Å². The molecule has 1 heterocycles. The monoisotopic (exact) mass is 348 g/mol. The number of hydrogen-bond donors (Lipinski definition) is 2. The highest BCUT2D eigenvalue weighted by atomic mass is 35.5. The van der Waals surface area contributed by atoms with Gasteiger partial charge in [-0.05, 0) is 37.4 Å². The van der Waals surface area contributed by atoms with Crippen LogP contribution in [-0.2, 0) is 10.0 Å². The van der Waals surface area contributed by atoms with Gasteiger partial charge in [0.15, 0.2) is 5.76 Å². The lowest BCUT2D eigenvalue weighted by molar-refractivity contribution is 0.0991. The fraction of sp³-hybridized carbons (Fsp3) is 0.0833. The topological polar surface area (TPSA) is 88.4 Å². The maximum Gasteiger partial charge on any atom is 0.291 e. The van der Waals surface area contributed by atoms with Crippen LogP contribution in [0.2, 0.25) is 10.0 Å². The molecular weight excluding hydrogens is 339 g/mol. The molecule has 2 N–H and O–H groups in total. The molecule has 0 aliphatic heterocycles. The van der Waals surface area contributed by atoms with Gasteiger partial charge in [-0.15, -0.1) is 0 Å². The third-order valence-electron chi connectivity index (χ3n) is 2.46. The average Bonchev–Trinajstić information content (AvgIpc) is 2.87. The van der Waals surface area contributed by atoms with E-state index >= 15 is 0 Å². The van der Waals surface area contributed by atoms with Crippen LogP contribution >= 0.6 is 23.2 Å². The summed E-state index contributed by atoms with van der Waals surface area (Å²) < 4.78 is 30.1. The van der Waals surface area contributed by atoms with Crippen molar-refractivity contribution in [2.45, 2.75) is 5.09 Å². The minimum atomic E-state index is -3.74. The van der Waals surface area contributed by atoms with Crippen LogP contribution in [-0.4, -0.2) is 21.4 Å². The number of benzene rings is 1. The molecule has 1 aromatic heterocycles. The molecule has 1 aromatic carbocycles. The highest BCUT2D eigenvalue weighted by Gasteiger charge is 2.19. The summed E-state index contributed by atoms with van der Waals surface area (Å²) in [5.74, 6) is -0.772. The molecule has 0 unspecified atom stereocenters. The zero-order valence-electron chi connectivity index (χ0n) is 10.7. The van der Waals surface area contributed by atoms with Crippen molar-refractivity contribution >= 4 is 44.8 Å². The first-order valence-electron chi connectivity index (χ1n) is 5.62. The Hall–Kier alpha value is -1.54. The van der Waals surface area contributed by atoms with E-state index in [1.54, 1.807) is 0 Å². The molecule has 2 rings (SSSR count). The summed E-state index contributed by atoms with van der Waals surface area (Å²) in [6.45, 7) is 0. The van der Waals surface area contributed by atoms with Gasteiger partial charge in [0.05, 0.1) is 0 Å². The van der Waals surface area contributed by atoms with Crippen LogP contribution in [0.3, 0.4) is 0 Å². The van der Waals surface area contributed by atoms with Crippen molar-refractivity contribution in [1.29, 1.82) is 0 Å². The lowest BCUT2D eigenvalue weighted by Crippen LogP contribution is -2.18. The molecule has 1 amide bonds. The van der Waals surface area contributed by atoms with E-state index in [4.69, 9.17) is 27.6 Å². The zero-order chi connectivity index (χ0) is 15.6. The summed E-state index contributed by atoms with van der Waals surface area (Å²) >= 11 is 11.6. The predicted octanol–water partition coefficient (Wildman–Crippen LogP) is 2.75. The van der Waals surface area contributed by atoms with Gasteiger partial charge >= 0.3 is 0 Å². The molecule has 9 heteroatoms. The number of nitrogens with one attached hydrogen (secondary N) is 2. The number of sulfonamides is 1. The molecule has 0 aliphatic rings. The Morgan fingerprint density at radius 2 is 1.76 bits per heavy atom. The van der Waals surface area contributed by atoms with Crippen LogP contribution in [0.4, 0.5) is 5.69 Å². The number of rotatable bonds is 4. The second-order valence-electron chi connectivity index (χ2n) is 3.94. The Kier molecular flexibility index (Phi) is 4.58. The fourth-order valence-electron chi connectivity index (χ4n) is 1.51. The SMILES string of the molecule is CNS(=O)(=O)c1ccc(C(=O)Nc2cc(Cl)cc(Cl)c2)o1. The molecule has 112 valence electrons. The van der Waals surface area contributed by atoms with Crippen LogP contribution in [0.1, 0.15) is 10.6 Å². The van der Waals surface area contributed by atoms with Crippen LogP contribution in [0.15, 0.2) is 39.8 Å². The van der Waals surface area contributed by atoms with Gasteiger partial charge in [-0.1, -0.05) is 23.2 Å². The van der Waals surface area contributed by atoms with Gasteiger partial charge in [-0.25, -0.2) is 13.1 Å². The fourth-order valence-corrected chi connectivity index (χ4v) is 2.68. The zero-order valence-corrected chi connectivity index (χ0v) is 13.0. The van der Waals surface area contributed by atoms with E-state index in [9.17, 15) is 13.2 Å². The summed E-state index contributed by atoms with van der Waals surface area (Å²) in [6.07, 6.45) is 0. The molecule has 0 fully saturated rings. The summed E-state index contributed by atoms with van der Waals surface area (Å²) in [4.78, 5) is 12.0. The highest BCUT2D eigenvalue weighted by molar-refractivity contribution is 7.89. The smallest absolute Gasteiger partial charge is 0.291 e. The molecule has 0 bridgehead atoms. The first kappa shape index (κ1) is 15.8. The summed E-state index contributed by atoms with van der Waals surface area (Å²) in [5, 5.41) is 2.87. The van der Waals surface area contributed by atoms with Crippen molar-refractivity contribution in [2.24, 2.45) is 0 Å². The number of hydrogen-bond acceptors (Lipinski definition) is 4. The van der Waals surface area contributed by atoms with Crippen molar-refractivity contribution < 1.29 is 17.6 Å². The second-order valence-corrected chi connectivity index (χ2v) is 6.63. The molecule has 0 atom stereocenters. The third-order valence-corrected chi connectivity index (χ3v) is 4.18. The molecule has 2 aromatic rings. The van der Waals surface area contributed by atoms with E-state index < -0.39 is 15.9 Å². The molecule has 0 aliphatic carbocycles. The second kappa shape index (κ2) is 6.07. The predicted molar refractivity (Wildman–Crippen MR) is 79.4 cm³/mol. The van der Waals surface area contributed by atoms with Gasteiger partial charge < -0.3 is 9.73 Å². The van der Waals surface area contributed by atoms with E-state index in [0.29, 0.717) is 15.7 Å². The van der Waals surface area contributed by atoms with Crippen molar-refractivity contribution in [3.05, 3.63) is 46.1 Å². The Morgan fingerprint density at radius 3 is 2.33 bits per heavy atom. The molecule has 0 saturated carbocycles. The van der Waals surface area contributed by atoms with Gasteiger partial charge in [0.1, 0.15) is 0 Å².